The number of nitrogens with zero attached hydrogens (tertiary/aromatic N) is 3. The molecule has 0 bridgehead atoms. The fraction of sp³-hybridized carbons (Fsp3) is 0.500. The van der Waals surface area contributed by atoms with Crippen molar-refractivity contribution in [3.8, 4) is 0 Å². The number of benzene rings is 1. The van der Waals surface area contributed by atoms with Gasteiger partial charge in [0.05, 0.1) is 17.5 Å². The van der Waals surface area contributed by atoms with Gasteiger partial charge in [0.1, 0.15) is 5.82 Å². The molecule has 1 aromatic carbocycles. The molecule has 0 aliphatic rings. The van der Waals surface area contributed by atoms with E-state index >= 15 is 0 Å². The Morgan fingerprint density at radius 1 is 1.29 bits per heavy atom. The lowest BCUT2D eigenvalue weighted by atomic mass is 10.1. The highest BCUT2D eigenvalue weighted by Crippen LogP contribution is 2.21. The van der Waals surface area contributed by atoms with Gasteiger partial charge in [0.15, 0.2) is 0 Å². The van der Waals surface area contributed by atoms with Crippen LogP contribution in [-0.4, -0.2) is 46.2 Å². The van der Waals surface area contributed by atoms with E-state index in [1.54, 1.807) is 0 Å². The molecule has 1 aromatic heterocycles. The van der Waals surface area contributed by atoms with E-state index in [9.17, 15) is 4.79 Å². The first-order chi connectivity index (χ1) is 9.88. The van der Waals surface area contributed by atoms with Crippen LogP contribution in [0.15, 0.2) is 12.1 Å². The summed E-state index contributed by atoms with van der Waals surface area (Å²) in [5.74, 6) is 0.184. The first kappa shape index (κ1) is 15.5. The number of imidazole rings is 1. The molecule has 5 nitrogen and oxygen atoms in total. The number of likely N-dealkylation sites (N-methyl/N-ethyl adjacent to an activating group) is 1. The Balaban J connectivity index is 2.43. The highest BCUT2D eigenvalue weighted by atomic mass is 16.4. The van der Waals surface area contributed by atoms with Crippen molar-refractivity contribution in [2.45, 2.75) is 33.2 Å². The molecule has 2 rings (SSSR count). The molecule has 5 heteroatoms. The summed E-state index contributed by atoms with van der Waals surface area (Å²) in [6, 6.07) is 4.19. The minimum Gasteiger partial charge on any atom is -0.481 e. The first-order valence-corrected chi connectivity index (χ1v) is 7.21. The second kappa shape index (κ2) is 6.26. The molecular weight excluding hydrogens is 266 g/mol. The zero-order chi connectivity index (χ0) is 15.6. The van der Waals surface area contributed by atoms with E-state index < -0.39 is 5.97 Å². The topological polar surface area (TPSA) is 58.4 Å². The van der Waals surface area contributed by atoms with Crippen LogP contribution < -0.4 is 0 Å². The summed E-state index contributed by atoms with van der Waals surface area (Å²) in [5, 5.41) is 8.95. The van der Waals surface area contributed by atoms with Crippen LogP contribution >= 0.6 is 0 Å². The Morgan fingerprint density at radius 2 is 1.95 bits per heavy atom. The molecule has 0 amide bonds. The standard InChI is InChI=1S/C16H23N3O2/c1-11-9-13-14(10-12(11)2)19(8-6-16(20)21)15(17-13)5-7-18(3)4/h9-10H,5-8H2,1-4H3,(H,20,21). The van der Waals surface area contributed by atoms with Crippen LogP contribution in [0.4, 0.5) is 0 Å². The fourth-order valence-electron chi connectivity index (χ4n) is 2.40. The van der Waals surface area contributed by atoms with E-state index in [0.717, 1.165) is 29.8 Å². The van der Waals surface area contributed by atoms with E-state index in [1.165, 1.54) is 11.1 Å². The van der Waals surface area contributed by atoms with Crippen LogP contribution in [0.25, 0.3) is 11.0 Å². The third kappa shape index (κ3) is 3.61. The SMILES string of the molecule is Cc1cc2nc(CCN(C)C)n(CCC(=O)O)c2cc1C. The fourth-order valence-corrected chi connectivity index (χ4v) is 2.40. The normalized spacial score (nSPS) is 11.5. The average molecular weight is 289 g/mol. The number of carboxylic acid groups (broad SMARTS) is 1. The molecule has 1 N–H and O–H groups in total. The summed E-state index contributed by atoms with van der Waals surface area (Å²) in [6.07, 6.45) is 0.937. The molecule has 0 radical (unpaired) electrons. The molecular formula is C16H23N3O2. The second-order valence-electron chi connectivity index (χ2n) is 5.80. The van der Waals surface area contributed by atoms with Crippen molar-refractivity contribution in [1.29, 1.82) is 0 Å². The molecule has 0 saturated carbocycles. The monoisotopic (exact) mass is 289 g/mol. The average Bonchev–Trinajstić information content (AvgIpc) is 2.71. The van der Waals surface area contributed by atoms with Gasteiger partial charge in [0.2, 0.25) is 0 Å². The molecule has 21 heavy (non-hydrogen) atoms. The Morgan fingerprint density at radius 3 is 2.57 bits per heavy atom. The Labute approximate surface area is 125 Å². The van der Waals surface area contributed by atoms with E-state index in [0.29, 0.717) is 6.54 Å². The van der Waals surface area contributed by atoms with E-state index in [4.69, 9.17) is 10.1 Å². The van der Waals surface area contributed by atoms with Crippen molar-refractivity contribution in [2.24, 2.45) is 0 Å². The van der Waals surface area contributed by atoms with Gasteiger partial charge in [0.25, 0.3) is 0 Å². The van der Waals surface area contributed by atoms with Crippen molar-refractivity contribution in [2.75, 3.05) is 20.6 Å². The van der Waals surface area contributed by atoms with Crippen molar-refractivity contribution < 1.29 is 9.90 Å². The molecule has 0 atom stereocenters. The number of hydrogen-bond donors (Lipinski definition) is 1. The number of carbonyl (C=O) groups is 1. The van der Waals surface area contributed by atoms with Crippen LogP contribution in [0, 0.1) is 13.8 Å². The van der Waals surface area contributed by atoms with Gasteiger partial charge in [-0.2, -0.15) is 0 Å². The number of fused-ring (bicyclic) bond motifs is 1. The molecule has 0 aliphatic carbocycles. The smallest absolute Gasteiger partial charge is 0.305 e. The molecule has 0 unspecified atom stereocenters. The van der Waals surface area contributed by atoms with Crippen LogP contribution in [0.1, 0.15) is 23.4 Å². The maximum atomic E-state index is 10.9. The lowest BCUT2D eigenvalue weighted by molar-refractivity contribution is -0.137. The summed E-state index contributed by atoms with van der Waals surface area (Å²) >= 11 is 0. The number of aliphatic carboxylic acids is 1. The minimum absolute atomic E-state index is 0.118. The van der Waals surface area contributed by atoms with Gasteiger partial charge in [-0.1, -0.05) is 0 Å². The zero-order valence-electron chi connectivity index (χ0n) is 13.2. The van der Waals surface area contributed by atoms with Crippen molar-refractivity contribution in [3.05, 3.63) is 29.1 Å². The molecule has 114 valence electrons. The summed E-state index contributed by atoms with van der Waals surface area (Å²) in [7, 11) is 4.05. The van der Waals surface area contributed by atoms with Gasteiger partial charge >= 0.3 is 5.97 Å². The molecule has 2 aromatic rings. The third-order valence-electron chi connectivity index (χ3n) is 3.77. The summed E-state index contributed by atoms with van der Waals surface area (Å²) < 4.78 is 2.05. The number of hydrogen-bond acceptors (Lipinski definition) is 3. The van der Waals surface area contributed by atoms with E-state index in [-0.39, 0.29) is 6.42 Å². The summed E-state index contributed by atoms with van der Waals surface area (Å²) in [5.41, 5.74) is 4.41. The Kier molecular flexibility index (Phi) is 4.63. The van der Waals surface area contributed by atoms with Gasteiger partial charge in [-0.15, -0.1) is 0 Å². The van der Waals surface area contributed by atoms with E-state index in [2.05, 4.69) is 35.4 Å². The minimum atomic E-state index is -0.778. The number of rotatable bonds is 6. The third-order valence-corrected chi connectivity index (χ3v) is 3.77. The number of aromatic nitrogens is 2. The lowest BCUT2D eigenvalue weighted by Gasteiger charge is -2.11. The number of carboxylic acids is 1. The van der Waals surface area contributed by atoms with Gasteiger partial charge in [-0.25, -0.2) is 4.98 Å². The zero-order valence-corrected chi connectivity index (χ0v) is 13.2. The summed E-state index contributed by atoms with van der Waals surface area (Å²) in [6.45, 7) is 5.51. The van der Waals surface area contributed by atoms with Crippen LogP contribution in [0.2, 0.25) is 0 Å². The quantitative estimate of drug-likeness (QED) is 0.886. The Bertz CT molecular complexity index is 659. The second-order valence-corrected chi connectivity index (χ2v) is 5.80. The largest absolute Gasteiger partial charge is 0.481 e. The van der Waals surface area contributed by atoms with Gasteiger partial charge in [-0.3, -0.25) is 4.79 Å². The number of aryl methyl sites for hydroxylation is 3. The molecule has 0 aliphatic heterocycles. The van der Waals surface area contributed by atoms with Crippen LogP contribution in [0.5, 0.6) is 0 Å². The maximum absolute atomic E-state index is 10.9. The highest BCUT2D eigenvalue weighted by Gasteiger charge is 2.13. The van der Waals surface area contributed by atoms with Crippen molar-refractivity contribution in [1.82, 2.24) is 14.5 Å². The molecule has 0 spiro atoms. The van der Waals surface area contributed by atoms with E-state index in [1.807, 2.05) is 14.1 Å². The molecule has 1 heterocycles. The predicted octanol–water partition coefficient (Wildman–Crippen LogP) is 2.23. The molecule has 0 fully saturated rings. The van der Waals surface area contributed by atoms with Crippen LogP contribution in [0.3, 0.4) is 0 Å². The Hall–Kier alpha value is -1.88. The van der Waals surface area contributed by atoms with Gasteiger partial charge < -0.3 is 14.6 Å². The van der Waals surface area contributed by atoms with Gasteiger partial charge in [0, 0.05) is 19.5 Å². The van der Waals surface area contributed by atoms with Crippen molar-refractivity contribution >= 4 is 17.0 Å². The summed E-state index contributed by atoms with van der Waals surface area (Å²) in [4.78, 5) is 17.7. The predicted molar refractivity (Wildman–Crippen MR) is 83.7 cm³/mol. The molecule has 0 saturated heterocycles. The lowest BCUT2D eigenvalue weighted by Crippen LogP contribution is -2.18. The highest BCUT2D eigenvalue weighted by molar-refractivity contribution is 5.78. The first-order valence-electron chi connectivity index (χ1n) is 7.21. The van der Waals surface area contributed by atoms with Crippen LogP contribution in [-0.2, 0) is 17.8 Å². The maximum Gasteiger partial charge on any atom is 0.305 e. The van der Waals surface area contributed by atoms with Gasteiger partial charge in [-0.05, 0) is 51.2 Å². The van der Waals surface area contributed by atoms with Crippen molar-refractivity contribution in [3.63, 3.8) is 0 Å².